The fraction of sp³-hybridized carbons (Fsp3) is 0.720. The van der Waals surface area contributed by atoms with Gasteiger partial charge in [0.1, 0.15) is 18.1 Å². The van der Waals surface area contributed by atoms with Crippen molar-refractivity contribution in [2.24, 2.45) is 35.0 Å². The van der Waals surface area contributed by atoms with Crippen molar-refractivity contribution in [2.75, 3.05) is 13.1 Å². The van der Waals surface area contributed by atoms with E-state index in [1.54, 1.807) is 0 Å². The second-order valence-corrected chi connectivity index (χ2v) is 12.2. The summed E-state index contributed by atoms with van der Waals surface area (Å²) in [6.45, 7) is 4.67. The highest BCUT2D eigenvalue weighted by Crippen LogP contribution is 2.61. The van der Waals surface area contributed by atoms with Crippen molar-refractivity contribution in [3.63, 3.8) is 0 Å². The number of nitrogens with one attached hydrogen (secondary N) is 3. The number of amides is 4. The molecule has 4 rings (SSSR count). The van der Waals surface area contributed by atoms with Crippen molar-refractivity contribution < 1.29 is 36.7 Å². The summed E-state index contributed by atoms with van der Waals surface area (Å²) >= 11 is 4.85. The number of allylic oxidation sites excluding steroid dienone is 2. The summed E-state index contributed by atoms with van der Waals surface area (Å²) in [5.41, 5.74) is -1.13. The Kier molecular flexibility index (Phi) is 7.42. The van der Waals surface area contributed by atoms with E-state index in [9.17, 15) is 33.2 Å². The number of alkyl halides is 5. The van der Waals surface area contributed by atoms with Crippen LogP contribution in [0.25, 0.3) is 0 Å². The number of hydrogen-bond donors (Lipinski definition) is 3. The molecular formula is C25H30ClF4N5O4. The molecule has 2 saturated heterocycles. The maximum atomic E-state index is 15.0. The van der Waals surface area contributed by atoms with Crippen molar-refractivity contribution in [3.05, 3.63) is 12.2 Å². The van der Waals surface area contributed by atoms with Crippen LogP contribution < -0.4 is 16.0 Å². The number of rotatable bonds is 7. The molecule has 0 aromatic heterocycles. The first-order valence-electron chi connectivity index (χ1n) is 12.7. The molecular weight excluding hydrogens is 546 g/mol. The molecule has 8 atom stereocenters. The summed E-state index contributed by atoms with van der Waals surface area (Å²) in [6.07, 6.45) is 3.14. The van der Waals surface area contributed by atoms with Gasteiger partial charge in [-0.2, -0.15) is 14.0 Å². The average Bonchev–Trinajstić information content (AvgIpc) is 3.54. The Morgan fingerprint density at radius 1 is 1.23 bits per heavy atom. The molecule has 1 saturated carbocycles. The fourth-order valence-electron chi connectivity index (χ4n) is 6.38. The highest BCUT2D eigenvalue weighted by atomic mass is 35.5. The molecule has 2 heterocycles. The zero-order valence-electron chi connectivity index (χ0n) is 21.5. The Balaban J connectivity index is 1.64. The molecule has 14 heteroatoms. The number of nitriles is 1. The van der Waals surface area contributed by atoms with E-state index in [0.29, 0.717) is 13.0 Å². The van der Waals surface area contributed by atoms with Crippen LogP contribution in [0.5, 0.6) is 0 Å². The van der Waals surface area contributed by atoms with Crippen LogP contribution in [0.2, 0.25) is 0 Å². The number of nitrogens with zero attached hydrogens (tertiary/aromatic N) is 2. The lowest BCUT2D eigenvalue weighted by Crippen LogP contribution is -2.60. The van der Waals surface area contributed by atoms with E-state index in [0.717, 1.165) is 4.90 Å². The van der Waals surface area contributed by atoms with Crippen LogP contribution in [0, 0.1) is 46.3 Å². The van der Waals surface area contributed by atoms with E-state index in [1.807, 2.05) is 11.4 Å². The van der Waals surface area contributed by atoms with Gasteiger partial charge in [0.05, 0.1) is 6.07 Å². The molecule has 2 bridgehead atoms. The molecule has 0 radical (unpaired) electrons. The zero-order chi connectivity index (χ0) is 29.1. The third-order valence-corrected chi connectivity index (χ3v) is 8.42. The highest BCUT2D eigenvalue weighted by Gasteiger charge is 2.70. The standard InChI is InChI=1S/C25H30ClF4N5O4/c1-23(2,3)18(34-22(39)25(26,29)30)21(38)35-10-13-14-4-5-15(24(14,27)28)16(13)17(35)20(37)33-12(9-31)8-11-6-7-32-19(11)36/h4-5,11-18H,6-8,10H2,1-3H3,(H,32,36)(H,33,37)(H,34,39)/t11-,12-,13+,14-,15+,16+,17-,18+/m0/s1. The van der Waals surface area contributed by atoms with Gasteiger partial charge in [-0.1, -0.05) is 32.9 Å². The molecule has 9 nitrogen and oxygen atoms in total. The number of halogens is 5. The molecule has 3 fully saturated rings. The van der Waals surface area contributed by atoms with Gasteiger partial charge in [-0.3, -0.25) is 19.2 Å². The molecule has 0 spiro atoms. The summed E-state index contributed by atoms with van der Waals surface area (Å²) in [5, 5.41) is 12.4. The quantitative estimate of drug-likeness (QED) is 0.242. The van der Waals surface area contributed by atoms with Crippen LogP contribution in [0.3, 0.4) is 0 Å². The molecule has 0 unspecified atom stereocenters. The second-order valence-electron chi connectivity index (χ2n) is 11.8. The van der Waals surface area contributed by atoms with Crippen LogP contribution in [0.4, 0.5) is 17.6 Å². The van der Waals surface area contributed by atoms with Gasteiger partial charge in [0, 0.05) is 36.8 Å². The van der Waals surface area contributed by atoms with Crippen LogP contribution in [-0.2, 0) is 19.2 Å². The number of carbonyl (C=O) groups excluding carboxylic acids is 4. The fourth-order valence-corrected chi connectivity index (χ4v) is 6.43. The van der Waals surface area contributed by atoms with Gasteiger partial charge in [0.15, 0.2) is 0 Å². The summed E-state index contributed by atoms with van der Waals surface area (Å²) in [4.78, 5) is 52.4. The highest BCUT2D eigenvalue weighted by molar-refractivity contribution is 6.32. The Labute approximate surface area is 227 Å². The van der Waals surface area contributed by atoms with E-state index < -0.39 is 82.2 Å². The maximum Gasteiger partial charge on any atom is 0.399 e. The zero-order valence-corrected chi connectivity index (χ0v) is 22.3. The van der Waals surface area contributed by atoms with Crippen LogP contribution in [0.15, 0.2) is 12.2 Å². The Morgan fingerprint density at radius 2 is 1.87 bits per heavy atom. The van der Waals surface area contributed by atoms with Gasteiger partial charge in [0.2, 0.25) is 17.7 Å². The van der Waals surface area contributed by atoms with Crippen LogP contribution in [-0.4, -0.2) is 71.0 Å². The van der Waals surface area contributed by atoms with E-state index in [-0.39, 0.29) is 18.9 Å². The number of likely N-dealkylation sites (tertiary alicyclic amines) is 1. The first-order chi connectivity index (χ1) is 18.0. The number of hydrogen-bond acceptors (Lipinski definition) is 5. The summed E-state index contributed by atoms with van der Waals surface area (Å²) in [7, 11) is 0. The Bertz CT molecular complexity index is 1130. The van der Waals surface area contributed by atoms with Crippen LogP contribution in [0.1, 0.15) is 33.6 Å². The number of fused-ring (bicyclic) bond motifs is 5. The van der Waals surface area contributed by atoms with E-state index in [4.69, 9.17) is 11.6 Å². The summed E-state index contributed by atoms with van der Waals surface area (Å²) in [5.74, 6) is -12.0. The van der Waals surface area contributed by atoms with Gasteiger partial charge in [-0.15, -0.1) is 0 Å². The van der Waals surface area contributed by atoms with Gasteiger partial charge < -0.3 is 20.9 Å². The molecule has 2 aliphatic carbocycles. The molecule has 4 amide bonds. The monoisotopic (exact) mass is 575 g/mol. The van der Waals surface area contributed by atoms with Gasteiger partial charge in [0.25, 0.3) is 5.92 Å². The Hall–Kier alpha value is -2.88. The summed E-state index contributed by atoms with van der Waals surface area (Å²) in [6, 6.07) is -2.24. The normalized spacial score (nSPS) is 32.3. The first kappa shape index (κ1) is 29.1. The molecule has 39 heavy (non-hydrogen) atoms. The van der Waals surface area contributed by atoms with Crippen molar-refractivity contribution >= 4 is 35.2 Å². The van der Waals surface area contributed by atoms with Gasteiger partial charge in [-0.25, -0.2) is 8.78 Å². The molecule has 2 aliphatic heterocycles. The SMILES string of the molecule is CC(C)(C)[C@H](NC(=O)C(F)(F)Cl)C(=O)N1C[C@H]2[C@@H]([C@H]1C(=O)N[C@H](C#N)C[C@@H]1CCNC1=O)[C@H]1C=C[C@@H]2C1(F)F. The molecule has 0 aromatic rings. The lowest BCUT2D eigenvalue weighted by Gasteiger charge is -2.37. The van der Waals surface area contributed by atoms with E-state index in [2.05, 4.69) is 10.6 Å². The molecule has 4 aliphatic rings. The van der Waals surface area contributed by atoms with Crippen molar-refractivity contribution in [1.82, 2.24) is 20.9 Å². The van der Waals surface area contributed by atoms with Crippen molar-refractivity contribution in [3.8, 4) is 6.07 Å². The van der Waals surface area contributed by atoms with Gasteiger partial charge >= 0.3 is 11.3 Å². The maximum absolute atomic E-state index is 15.0. The third-order valence-electron chi connectivity index (χ3n) is 8.25. The largest absolute Gasteiger partial charge is 0.399 e. The minimum Gasteiger partial charge on any atom is -0.356 e. The van der Waals surface area contributed by atoms with Crippen LogP contribution >= 0.6 is 11.6 Å². The molecule has 3 N–H and O–H groups in total. The van der Waals surface area contributed by atoms with Crippen molar-refractivity contribution in [1.29, 1.82) is 5.26 Å². The molecule has 214 valence electrons. The molecule has 0 aromatic carbocycles. The smallest absolute Gasteiger partial charge is 0.356 e. The van der Waals surface area contributed by atoms with Crippen molar-refractivity contribution in [2.45, 2.75) is 63.0 Å². The number of carbonyl (C=O) groups is 4. The Morgan fingerprint density at radius 3 is 2.41 bits per heavy atom. The third kappa shape index (κ3) is 5.19. The average molecular weight is 576 g/mol. The summed E-state index contributed by atoms with van der Waals surface area (Å²) < 4.78 is 57.0. The first-order valence-corrected chi connectivity index (χ1v) is 13.1. The minimum atomic E-state index is -4.31. The topological polar surface area (TPSA) is 131 Å². The van der Waals surface area contributed by atoms with E-state index >= 15 is 8.78 Å². The van der Waals surface area contributed by atoms with Gasteiger partial charge in [-0.05, 0) is 35.8 Å². The second kappa shape index (κ2) is 9.94. The van der Waals surface area contributed by atoms with E-state index in [1.165, 1.54) is 32.9 Å². The lowest BCUT2D eigenvalue weighted by molar-refractivity contribution is -0.148. The predicted octanol–water partition coefficient (Wildman–Crippen LogP) is 1.78. The minimum absolute atomic E-state index is 0.00354. The predicted molar refractivity (Wildman–Crippen MR) is 129 cm³/mol. The lowest BCUT2D eigenvalue weighted by atomic mass is 9.81.